The molecule has 1 N–H and O–H groups in total. The number of aliphatic hydroxyl groups is 1. The second-order valence-corrected chi connectivity index (χ2v) is 5.79. The number of para-hydroxylation sites is 1. The summed E-state index contributed by atoms with van der Waals surface area (Å²) < 4.78 is 16.2. The van der Waals surface area contributed by atoms with E-state index in [-0.39, 0.29) is 6.61 Å². The van der Waals surface area contributed by atoms with Crippen LogP contribution in [0.25, 0.3) is 0 Å². The van der Waals surface area contributed by atoms with Crippen molar-refractivity contribution in [3.63, 3.8) is 0 Å². The third-order valence-corrected chi connectivity index (χ3v) is 3.96. The van der Waals surface area contributed by atoms with Crippen molar-refractivity contribution in [2.75, 3.05) is 33.9 Å². The van der Waals surface area contributed by atoms with Crippen LogP contribution in [-0.4, -0.2) is 50.0 Å². The first kappa shape index (κ1) is 19.1. The lowest BCUT2D eigenvalue weighted by atomic mass is 10.1. The van der Waals surface area contributed by atoms with E-state index in [0.29, 0.717) is 18.0 Å². The van der Waals surface area contributed by atoms with Crippen molar-refractivity contribution in [3.05, 3.63) is 54.1 Å². The Bertz CT molecular complexity index is 633. The number of hydrogen-bond acceptors (Lipinski definition) is 5. The molecule has 0 aliphatic rings. The van der Waals surface area contributed by atoms with Crippen LogP contribution < -0.4 is 14.2 Å². The van der Waals surface area contributed by atoms with Crippen LogP contribution in [0, 0.1) is 0 Å². The van der Waals surface area contributed by atoms with Gasteiger partial charge in [-0.15, -0.1) is 0 Å². The van der Waals surface area contributed by atoms with Crippen molar-refractivity contribution in [1.82, 2.24) is 4.90 Å². The number of benzene rings is 2. The third-order valence-electron chi connectivity index (χ3n) is 3.96. The molecule has 0 aliphatic carbocycles. The molecule has 5 heteroatoms. The Kier molecular flexibility index (Phi) is 7.57. The molecule has 2 aromatic carbocycles. The first-order chi connectivity index (χ1) is 12.2. The van der Waals surface area contributed by atoms with Crippen molar-refractivity contribution in [1.29, 1.82) is 0 Å². The van der Waals surface area contributed by atoms with Crippen LogP contribution in [0.15, 0.2) is 48.5 Å². The summed E-state index contributed by atoms with van der Waals surface area (Å²) >= 11 is 0. The molecule has 2 aromatic rings. The summed E-state index contributed by atoms with van der Waals surface area (Å²) in [5.41, 5.74) is 1.11. The summed E-state index contributed by atoms with van der Waals surface area (Å²) in [5, 5.41) is 10.3. The molecule has 0 fully saturated rings. The van der Waals surface area contributed by atoms with Gasteiger partial charge in [0.05, 0.1) is 14.2 Å². The minimum absolute atomic E-state index is 0.270. The summed E-state index contributed by atoms with van der Waals surface area (Å²) in [7, 11) is 3.25. The molecule has 0 bridgehead atoms. The van der Waals surface area contributed by atoms with Gasteiger partial charge < -0.3 is 19.3 Å². The van der Waals surface area contributed by atoms with Crippen LogP contribution in [0.5, 0.6) is 17.2 Å². The van der Waals surface area contributed by atoms with Crippen molar-refractivity contribution < 1.29 is 19.3 Å². The van der Waals surface area contributed by atoms with Gasteiger partial charge in [0.25, 0.3) is 0 Å². The highest BCUT2D eigenvalue weighted by molar-refractivity contribution is 5.42. The van der Waals surface area contributed by atoms with Crippen LogP contribution in [0.3, 0.4) is 0 Å². The smallest absolute Gasteiger partial charge is 0.161 e. The van der Waals surface area contributed by atoms with Crippen LogP contribution in [0.1, 0.15) is 12.5 Å². The SMILES string of the molecule is CCN(Cc1ccc(OC)c(OC)c1)CC(O)COc1ccccc1. The molecule has 0 aliphatic heterocycles. The Morgan fingerprint density at radius 1 is 1.00 bits per heavy atom. The lowest BCUT2D eigenvalue weighted by molar-refractivity contribution is 0.0674. The average Bonchev–Trinajstić information content (AvgIpc) is 2.66. The van der Waals surface area contributed by atoms with E-state index in [1.807, 2.05) is 48.5 Å². The van der Waals surface area contributed by atoms with Crippen molar-refractivity contribution in [3.8, 4) is 17.2 Å². The predicted octanol–water partition coefficient (Wildman–Crippen LogP) is 2.97. The van der Waals surface area contributed by atoms with Gasteiger partial charge in [-0.2, -0.15) is 0 Å². The molecule has 1 atom stereocenters. The van der Waals surface area contributed by atoms with Gasteiger partial charge in [-0.1, -0.05) is 31.2 Å². The number of methoxy groups -OCH3 is 2. The Morgan fingerprint density at radius 3 is 2.36 bits per heavy atom. The molecule has 1 unspecified atom stereocenters. The summed E-state index contributed by atoms with van der Waals surface area (Å²) in [5.74, 6) is 2.19. The van der Waals surface area contributed by atoms with Gasteiger partial charge in [0.1, 0.15) is 18.5 Å². The Morgan fingerprint density at radius 2 is 1.72 bits per heavy atom. The molecule has 0 radical (unpaired) electrons. The molecule has 0 saturated carbocycles. The Hall–Kier alpha value is -2.24. The van der Waals surface area contributed by atoms with Crippen LogP contribution in [0.2, 0.25) is 0 Å². The molecule has 25 heavy (non-hydrogen) atoms. The minimum atomic E-state index is -0.555. The zero-order valence-corrected chi connectivity index (χ0v) is 15.1. The standard InChI is InChI=1S/C20H27NO4/c1-4-21(13-16-10-11-19(23-2)20(12-16)24-3)14-17(22)15-25-18-8-6-5-7-9-18/h5-12,17,22H,4,13-15H2,1-3H3. The molecule has 2 rings (SSSR count). The number of ether oxygens (including phenoxy) is 3. The van der Waals surface area contributed by atoms with Gasteiger partial charge in [0.2, 0.25) is 0 Å². The van der Waals surface area contributed by atoms with E-state index in [1.165, 1.54) is 0 Å². The predicted molar refractivity (Wildman–Crippen MR) is 98.4 cm³/mol. The van der Waals surface area contributed by atoms with E-state index < -0.39 is 6.10 Å². The molecule has 0 heterocycles. The van der Waals surface area contributed by atoms with E-state index >= 15 is 0 Å². The first-order valence-corrected chi connectivity index (χ1v) is 8.45. The zero-order chi connectivity index (χ0) is 18.1. The van der Waals surface area contributed by atoms with Crippen LogP contribution in [-0.2, 0) is 6.54 Å². The van der Waals surface area contributed by atoms with Gasteiger partial charge in [0, 0.05) is 13.1 Å². The quantitative estimate of drug-likeness (QED) is 0.717. The second-order valence-electron chi connectivity index (χ2n) is 5.79. The van der Waals surface area contributed by atoms with Crippen LogP contribution >= 0.6 is 0 Å². The molecule has 5 nitrogen and oxygen atoms in total. The number of aliphatic hydroxyl groups excluding tert-OH is 1. The minimum Gasteiger partial charge on any atom is -0.493 e. The fraction of sp³-hybridized carbons (Fsp3) is 0.400. The molecule has 0 amide bonds. The van der Waals surface area contributed by atoms with Gasteiger partial charge in [-0.05, 0) is 36.4 Å². The summed E-state index contributed by atoms with van der Waals surface area (Å²) in [6, 6.07) is 15.4. The van der Waals surface area contributed by atoms with Gasteiger partial charge in [-0.25, -0.2) is 0 Å². The third kappa shape index (κ3) is 5.96. The normalized spacial score (nSPS) is 12.0. The van der Waals surface area contributed by atoms with Gasteiger partial charge >= 0.3 is 0 Å². The summed E-state index contributed by atoms with van der Waals surface area (Å²) in [4.78, 5) is 2.17. The summed E-state index contributed by atoms with van der Waals surface area (Å²) in [6.45, 7) is 4.44. The number of nitrogens with zero attached hydrogens (tertiary/aromatic N) is 1. The van der Waals surface area contributed by atoms with Gasteiger partial charge in [0.15, 0.2) is 11.5 Å². The van der Waals surface area contributed by atoms with Crippen molar-refractivity contribution in [2.24, 2.45) is 0 Å². The van der Waals surface area contributed by atoms with E-state index in [2.05, 4.69) is 11.8 Å². The monoisotopic (exact) mass is 345 g/mol. The van der Waals surface area contributed by atoms with Crippen molar-refractivity contribution in [2.45, 2.75) is 19.6 Å². The molecular formula is C20H27NO4. The molecule has 0 saturated heterocycles. The number of likely N-dealkylation sites (N-methyl/N-ethyl adjacent to an activating group) is 1. The topological polar surface area (TPSA) is 51.2 Å². The highest BCUT2D eigenvalue weighted by atomic mass is 16.5. The number of rotatable bonds is 10. The lowest BCUT2D eigenvalue weighted by Gasteiger charge is -2.24. The first-order valence-electron chi connectivity index (χ1n) is 8.45. The van der Waals surface area contributed by atoms with E-state index in [1.54, 1.807) is 14.2 Å². The zero-order valence-electron chi connectivity index (χ0n) is 15.1. The largest absolute Gasteiger partial charge is 0.493 e. The maximum Gasteiger partial charge on any atom is 0.161 e. The second kappa shape index (κ2) is 9.91. The average molecular weight is 345 g/mol. The summed E-state index contributed by atoms with van der Waals surface area (Å²) in [6.07, 6.45) is -0.555. The maximum atomic E-state index is 10.3. The molecule has 0 aromatic heterocycles. The molecule has 0 spiro atoms. The Balaban J connectivity index is 1.89. The van der Waals surface area contributed by atoms with E-state index in [9.17, 15) is 5.11 Å². The fourth-order valence-corrected chi connectivity index (χ4v) is 2.60. The van der Waals surface area contributed by atoms with Gasteiger partial charge in [-0.3, -0.25) is 4.90 Å². The molecular weight excluding hydrogens is 318 g/mol. The lowest BCUT2D eigenvalue weighted by Crippen LogP contribution is -2.35. The van der Waals surface area contributed by atoms with Crippen molar-refractivity contribution >= 4 is 0 Å². The highest BCUT2D eigenvalue weighted by Gasteiger charge is 2.13. The Labute approximate surface area is 149 Å². The van der Waals surface area contributed by atoms with E-state index in [4.69, 9.17) is 14.2 Å². The maximum absolute atomic E-state index is 10.3. The highest BCUT2D eigenvalue weighted by Crippen LogP contribution is 2.28. The number of hydrogen-bond donors (Lipinski definition) is 1. The fourth-order valence-electron chi connectivity index (χ4n) is 2.60. The van der Waals surface area contributed by atoms with Crippen LogP contribution in [0.4, 0.5) is 0 Å². The molecule has 136 valence electrons. The van der Waals surface area contributed by atoms with E-state index in [0.717, 1.165) is 24.4 Å².